The number of hydrogen-bond acceptors (Lipinski definition) is 5. The number of unbranched alkanes of at least 4 members (excludes halogenated alkanes) is 1. The monoisotopic (exact) mass is 448 g/mol. The third kappa shape index (κ3) is 5.60. The maximum Gasteiger partial charge on any atom is 0.330 e. The second-order valence-corrected chi connectivity index (χ2v) is 7.48. The molecular weight excluding hydrogens is 420 g/mol. The number of rotatable bonds is 9. The molecule has 172 valence electrons. The van der Waals surface area contributed by atoms with Crippen LogP contribution in [0.1, 0.15) is 30.9 Å². The van der Waals surface area contributed by atoms with Crippen molar-refractivity contribution >= 4 is 23.5 Å². The standard InChI is InChI=1S/C25H28N4O4/c1-3-4-16-28-23(26)22(24(31)27-25(28)32)29(17-19-12-8-9-13-20(19)33-2)21(30)15-14-18-10-6-5-7-11-18/h5-15H,3-4,16-17,26H2,1-2H3,(H,27,31,32)/b15-14+. The number of carbonyl (C=O) groups is 1. The van der Waals surface area contributed by atoms with Crippen molar-refractivity contribution in [3.05, 3.63) is 92.6 Å². The summed E-state index contributed by atoms with van der Waals surface area (Å²) in [5, 5.41) is 0. The van der Waals surface area contributed by atoms with E-state index in [0.29, 0.717) is 24.3 Å². The fraction of sp³-hybridized carbons (Fsp3) is 0.240. The normalized spacial score (nSPS) is 11.0. The molecule has 3 rings (SSSR count). The number of nitrogens with zero attached hydrogens (tertiary/aromatic N) is 2. The van der Waals surface area contributed by atoms with Crippen molar-refractivity contribution in [2.45, 2.75) is 32.9 Å². The van der Waals surface area contributed by atoms with Crippen LogP contribution in [0, 0.1) is 0 Å². The number of aromatic amines is 1. The highest BCUT2D eigenvalue weighted by Crippen LogP contribution is 2.25. The molecule has 2 aromatic carbocycles. The predicted molar refractivity (Wildman–Crippen MR) is 130 cm³/mol. The van der Waals surface area contributed by atoms with Crippen LogP contribution in [0.3, 0.4) is 0 Å². The Morgan fingerprint density at radius 3 is 2.52 bits per heavy atom. The van der Waals surface area contributed by atoms with Gasteiger partial charge in [-0.2, -0.15) is 0 Å². The Kier molecular flexibility index (Phi) is 7.86. The lowest BCUT2D eigenvalue weighted by Gasteiger charge is -2.24. The van der Waals surface area contributed by atoms with E-state index in [4.69, 9.17) is 10.5 Å². The summed E-state index contributed by atoms with van der Waals surface area (Å²) in [5.74, 6) is 0.0628. The van der Waals surface area contributed by atoms with Crippen LogP contribution in [-0.2, 0) is 17.9 Å². The molecule has 0 aliphatic heterocycles. The van der Waals surface area contributed by atoms with Crippen molar-refractivity contribution in [2.75, 3.05) is 17.7 Å². The number of nitrogen functional groups attached to an aromatic ring is 1. The predicted octanol–water partition coefficient (Wildman–Crippen LogP) is 3.17. The highest BCUT2D eigenvalue weighted by molar-refractivity contribution is 6.05. The van der Waals surface area contributed by atoms with Crippen LogP contribution in [0.4, 0.5) is 11.5 Å². The molecule has 33 heavy (non-hydrogen) atoms. The zero-order valence-electron chi connectivity index (χ0n) is 18.8. The number of nitrogens with two attached hydrogens (primary N) is 1. The Morgan fingerprint density at radius 1 is 1.12 bits per heavy atom. The van der Waals surface area contributed by atoms with Gasteiger partial charge in [0, 0.05) is 18.2 Å². The van der Waals surface area contributed by atoms with E-state index in [1.165, 1.54) is 22.7 Å². The topological polar surface area (TPSA) is 110 Å². The number of H-pyrrole nitrogens is 1. The SMILES string of the molecule is CCCCn1c(N)c(N(Cc2ccccc2OC)C(=O)/C=C/c2ccccc2)c(=O)[nH]c1=O. The molecule has 8 nitrogen and oxygen atoms in total. The molecule has 0 saturated heterocycles. The molecule has 3 aromatic rings. The molecule has 1 aromatic heterocycles. The van der Waals surface area contributed by atoms with E-state index in [-0.39, 0.29) is 18.1 Å². The van der Waals surface area contributed by atoms with Gasteiger partial charge in [-0.1, -0.05) is 61.9 Å². The molecule has 0 unspecified atom stereocenters. The van der Waals surface area contributed by atoms with E-state index in [2.05, 4.69) is 4.98 Å². The summed E-state index contributed by atoms with van der Waals surface area (Å²) in [5.41, 5.74) is 6.42. The molecular formula is C25H28N4O4. The Hall–Kier alpha value is -4.07. The molecule has 0 aliphatic carbocycles. The van der Waals surface area contributed by atoms with Crippen LogP contribution >= 0.6 is 0 Å². The number of carbonyl (C=O) groups excluding carboxylic acids is 1. The van der Waals surface area contributed by atoms with Crippen molar-refractivity contribution in [1.82, 2.24) is 9.55 Å². The zero-order chi connectivity index (χ0) is 23.8. The van der Waals surface area contributed by atoms with Gasteiger partial charge in [-0.3, -0.25) is 24.0 Å². The second kappa shape index (κ2) is 11.0. The van der Waals surface area contributed by atoms with Crippen LogP contribution < -0.4 is 26.6 Å². The third-order valence-corrected chi connectivity index (χ3v) is 5.22. The van der Waals surface area contributed by atoms with Gasteiger partial charge in [0.1, 0.15) is 11.6 Å². The number of aromatic nitrogens is 2. The maximum atomic E-state index is 13.3. The van der Waals surface area contributed by atoms with Gasteiger partial charge >= 0.3 is 5.69 Å². The molecule has 0 saturated carbocycles. The fourth-order valence-electron chi connectivity index (χ4n) is 3.47. The first-order valence-corrected chi connectivity index (χ1v) is 10.7. The average Bonchev–Trinajstić information content (AvgIpc) is 2.82. The molecule has 8 heteroatoms. The van der Waals surface area contributed by atoms with Gasteiger partial charge in [0.05, 0.1) is 13.7 Å². The Labute approximate surface area is 191 Å². The Balaban J connectivity index is 2.10. The lowest BCUT2D eigenvalue weighted by molar-refractivity contribution is -0.114. The van der Waals surface area contributed by atoms with Crippen molar-refractivity contribution in [3.8, 4) is 5.75 Å². The van der Waals surface area contributed by atoms with Gasteiger partial charge in [-0.25, -0.2) is 4.79 Å². The quantitative estimate of drug-likeness (QED) is 0.489. The molecule has 1 amide bonds. The van der Waals surface area contributed by atoms with Gasteiger partial charge in [-0.05, 0) is 24.1 Å². The Bertz CT molecular complexity index is 1250. The van der Waals surface area contributed by atoms with Gasteiger partial charge in [0.15, 0.2) is 5.69 Å². The van der Waals surface area contributed by atoms with Crippen molar-refractivity contribution in [1.29, 1.82) is 0 Å². The first-order chi connectivity index (χ1) is 16.0. The summed E-state index contributed by atoms with van der Waals surface area (Å²) >= 11 is 0. The highest BCUT2D eigenvalue weighted by Gasteiger charge is 2.24. The summed E-state index contributed by atoms with van der Waals surface area (Å²) in [6, 6.07) is 16.5. The molecule has 0 radical (unpaired) electrons. The third-order valence-electron chi connectivity index (χ3n) is 5.22. The number of amides is 1. The van der Waals surface area contributed by atoms with Gasteiger partial charge < -0.3 is 10.5 Å². The van der Waals surface area contributed by atoms with Gasteiger partial charge in [0.2, 0.25) is 0 Å². The van der Waals surface area contributed by atoms with Crippen molar-refractivity contribution in [2.24, 2.45) is 0 Å². The minimum Gasteiger partial charge on any atom is -0.496 e. The second-order valence-electron chi connectivity index (χ2n) is 7.48. The van der Waals surface area contributed by atoms with Crippen LogP contribution in [0.25, 0.3) is 6.08 Å². The molecule has 0 fully saturated rings. The Morgan fingerprint density at radius 2 is 1.82 bits per heavy atom. The smallest absolute Gasteiger partial charge is 0.330 e. The molecule has 0 atom stereocenters. The van der Waals surface area contributed by atoms with Crippen LogP contribution in [-0.4, -0.2) is 22.6 Å². The first kappa shape index (κ1) is 23.6. The summed E-state index contributed by atoms with van der Waals surface area (Å²) in [4.78, 5) is 42.1. The van der Waals surface area contributed by atoms with E-state index >= 15 is 0 Å². The maximum absolute atomic E-state index is 13.3. The number of benzene rings is 2. The summed E-state index contributed by atoms with van der Waals surface area (Å²) in [7, 11) is 1.53. The van der Waals surface area contributed by atoms with E-state index < -0.39 is 17.2 Å². The van der Waals surface area contributed by atoms with Crippen LogP contribution in [0.5, 0.6) is 5.75 Å². The van der Waals surface area contributed by atoms with E-state index in [9.17, 15) is 14.4 Å². The van der Waals surface area contributed by atoms with Gasteiger partial charge in [0.25, 0.3) is 11.5 Å². The zero-order valence-corrected chi connectivity index (χ0v) is 18.8. The molecule has 3 N–H and O–H groups in total. The number of ether oxygens (including phenoxy) is 1. The number of nitrogens with one attached hydrogen (secondary N) is 1. The fourth-order valence-corrected chi connectivity index (χ4v) is 3.47. The van der Waals surface area contributed by atoms with E-state index in [0.717, 1.165) is 12.0 Å². The lowest BCUT2D eigenvalue weighted by atomic mass is 10.1. The molecule has 1 heterocycles. The van der Waals surface area contributed by atoms with E-state index in [1.807, 2.05) is 49.4 Å². The van der Waals surface area contributed by atoms with Crippen LogP contribution in [0.15, 0.2) is 70.3 Å². The molecule has 0 aliphatic rings. The number of para-hydroxylation sites is 1. The van der Waals surface area contributed by atoms with E-state index in [1.54, 1.807) is 18.2 Å². The average molecular weight is 449 g/mol. The van der Waals surface area contributed by atoms with Crippen molar-refractivity contribution in [3.63, 3.8) is 0 Å². The first-order valence-electron chi connectivity index (χ1n) is 10.7. The number of methoxy groups -OCH3 is 1. The summed E-state index contributed by atoms with van der Waals surface area (Å²) in [6.45, 7) is 2.35. The largest absolute Gasteiger partial charge is 0.496 e. The summed E-state index contributed by atoms with van der Waals surface area (Å²) < 4.78 is 6.71. The summed E-state index contributed by atoms with van der Waals surface area (Å²) in [6.07, 6.45) is 4.58. The number of anilines is 2. The minimum atomic E-state index is -0.721. The highest BCUT2D eigenvalue weighted by atomic mass is 16.5. The number of hydrogen-bond donors (Lipinski definition) is 2. The van der Waals surface area contributed by atoms with Crippen LogP contribution in [0.2, 0.25) is 0 Å². The van der Waals surface area contributed by atoms with Crippen molar-refractivity contribution < 1.29 is 9.53 Å². The molecule has 0 spiro atoms. The lowest BCUT2D eigenvalue weighted by Crippen LogP contribution is -2.40. The minimum absolute atomic E-state index is 0.0290. The molecule has 0 bridgehead atoms. The van der Waals surface area contributed by atoms with Gasteiger partial charge in [-0.15, -0.1) is 0 Å².